The topological polar surface area (TPSA) is 157 Å². The third kappa shape index (κ3) is 6.89. The molecule has 0 radical (unpaired) electrons. The van der Waals surface area contributed by atoms with Gasteiger partial charge in [-0.05, 0) is 59.2 Å². The number of nitrogens with one attached hydrogen (secondary N) is 3. The van der Waals surface area contributed by atoms with Crippen molar-refractivity contribution in [2.75, 3.05) is 13.7 Å². The van der Waals surface area contributed by atoms with Gasteiger partial charge in [-0.15, -0.1) is 5.10 Å². The van der Waals surface area contributed by atoms with Gasteiger partial charge in [-0.3, -0.25) is 14.4 Å². The van der Waals surface area contributed by atoms with Crippen LogP contribution in [-0.2, 0) is 20.7 Å². The maximum atomic E-state index is 13.1. The van der Waals surface area contributed by atoms with Gasteiger partial charge in [0.15, 0.2) is 0 Å². The summed E-state index contributed by atoms with van der Waals surface area (Å²) in [6.45, 7) is 0.510. The van der Waals surface area contributed by atoms with E-state index in [9.17, 15) is 14.4 Å². The molecular formula is C29H29ClN8O4. The number of imidazole rings is 1. The van der Waals surface area contributed by atoms with Gasteiger partial charge >= 0.3 is 5.97 Å². The quantitative estimate of drug-likeness (QED) is 0.228. The molecule has 0 spiro atoms. The van der Waals surface area contributed by atoms with Gasteiger partial charge in [-0.25, -0.2) is 4.98 Å². The second-order valence-corrected chi connectivity index (χ2v) is 10.2. The number of carbonyl (C=O) groups is 3. The van der Waals surface area contributed by atoms with E-state index in [1.807, 2.05) is 0 Å². The van der Waals surface area contributed by atoms with Gasteiger partial charge in [0, 0.05) is 34.3 Å². The molecule has 0 saturated carbocycles. The van der Waals surface area contributed by atoms with Crippen LogP contribution in [0.2, 0.25) is 5.02 Å². The van der Waals surface area contributed by atoms with E-state index >= 15 is 0 Å². The first-order valence-corrected chi connectivity index (χ1v) is 13.8. The highest BCUT2D eigenvalue weighted by molar-refractivity contribution is 6.30. The average Bonchev–Trinajstić information content (AvgIpc) is 3.70. The Morgan fingerprint density at radius 1 is 1.17 bits per heavy atom. The predicted octanol–water partition coefficient (Wildman–Crippen LogP) is 3.60. The van der Waals surface area contributed by atoms with Crippen LogP contribution in [0.25, 0.3) is 23.0 Å². The molecule has 2 amide bonds. The molecule has 1 aliphatic heterocycles. The van der Waals surface area contributed by atoms with E-state index in [1.165, 1.54) is 24.2 Å². The molecule has 2 aromatic heterocycles. The molecule has 0 unspecified atom stereocenters. The molecule has 1 atom stereocenters. The summed E-state index contributed by atoms with van der Waals surface area (Å²) >= 11 is 6.20. The number of aromatic amines is 1. The average molecular weight is 589 g/mol. The summed E-state index contributed by atoms with van der Waals surface area (Å²) in [6.07, 6.45) is 9.35. The Labute approximate surface area is 246 Å². The maximum absolute atomic E-state index is 13.1. The summed E-state index contributed by atoms with van der Waals surface area (Å²) in [5.74, 6) is -0.356. The number of amides is 2. The van der Waals surface area contributed by atoms with Crippen LogP contribution in [0.4, 0.5) is 0 Å². The van der Waals surface area contributed by atoms with Crippen molar-refractivity contribution in [3.8, 4) is 16.9 Å². The van der Waals surface area contributed by atoms with E-state index < -0.39 is 5.97 Å². The van der Waals surface area contributed by atoms with Gasteiger partial charge in [0.25, 0.3) is 5.91 Å². The number of nitrogens with zero attached hydrogens (tertiary/aromatic N) is 5. The van der Waals surface area contributed by atoms with Crippen LogP contribution in [0.1, 0.15) is 59.0 Å². The van der Waals surface area contributed by atoms with E-state index in [4.69, 9.17) is 16.3 Å². The van der Waals surface area contributed by atoms with Crippen molar-refractivity contribution in [2.24, 2.45) is 0 Å². The van der Waals surface area contributed by atoms with Gasteiger partial charge in [0.05, 0.1) is 37.2 Å². The number of carbonyl (C=O) groups excluding carboxylic acids is 3. The maximum Gasteiger partial charge on any atom is 0.309 e. The minimum absolute atomic E-state index is 0.0549. The Bertz CT molecular complexity index is 1620. The van der Waals surface area contributed by atoms with Crippen LogP contribution < -0.4 is 10.6 Å². The smallest absolute Gasteiger partial charge is 0.309 e. The van der Waals surface area contributed by atoms with Crippen LogP contribution in [0, 0.1) is 0 Å². The number of aromatic nitrogens is 6. The van der Waals surface area contributed by atoms with Gasteiger partial charge in [-0.1, -0.05) is 36.6 Å². The summed E-state index contributed by atoms with van der Waals surface area (Å²) in [7, 11) is 1.33. The normalized spacial score (nSPS) is 15.6. The van der Waals surface area contributed by atoms with Crippen LogP contribution in [0.5, 0.6) is 0 Å². The summed E-state index contributed by atoms with van der Waals surface area (Å²) in [5, 5.41) is 17.8. The van der Waals surface area contributed by atoms with E-state index in [0.717, 1.165) is 19.3 Å². The number of halogens is 1. The molecule has 0 fully saturated rings. The van der Waals surface area contributed by atoms with Crippen LogP contribution in [0.15, 0.2) is 55.0 Å². The molecule has 2 bridgehead atoms. The molecule has 216 valence electrons. The number of rotatable bonds is 6. The van der Waals surface area contributed by atoms with Gasteiger partial charge in [0.2, 0.25) is 5.91 Å². The van der Waals surface area contributed by atoms with E-state index in [1.54, 1.807) is 48.7 Å². The van der Waals surface area contributed by atoms with E-state index in [-0.39, 0.29) is 24.3 Å². The van der Waals surface area contributed by atoms with Crippen LogP contribution in [0.3, 0.4) is 0 Å². The zero-order valence-corrected chi connectivity index (χ0v) is 23.6. The van der Waals surface area contributed by atoms with Gasteiger partial charge in [-0.2, -0.15) is 4.68 Å². The van der Waals surface area contributed by atoms with Crippen molar-refractivity contribution in [3.63, 3.8) is 0 Å². The lowest BCUT2D eigenvalue weighted by Crippen LogP contribution is -2.28. The largest absolute Gasteiger partial charge is 0.469 e. The predicted molar refractivity (Wildman–Crippen MR) is 155 cm³/mol. The third-order valence-electron chi connectivity index (χ3n) is 6.89. The highest BCUT2D eigenvalue weighted by Gasteiger charge is 2.21. The first-order chi connectivity index (χ1) is 20.4. The molecule has 3 heterocycles. The minimum atomic E-state index is -0.390. The third-order valence-corrected chi connectivity index (χ3v) is 7.13. The van der Waals surface area contributed by atoms with Crippen LogP contribution >= 0.6 is 11.6 Å². The lowest BCUT2D eigenvalue weighted by molar-refractivity contribution is -0.139. The lowest BCUT2D eigenvalue weighted by Gasteiger charge is -2.16. The summed E-state index contributed by atoms with van der Waals surface area (Å²) in [4.78, 5) is 45.9. The molecule has 5 rings (SSSR count). The molecule has 2 aromatic carbocycles. The van der Waals surface area contributed by atoms with Crippen molar-refractivity contribution >= 4 is 35.5 Å². The minimum Gasteiger partial charge on any atom is -0.469 e. The van der Waals surface area contributed by atoms with Crippen LogP contribution in [-0.4, -0.2) is 61.6 Å². The summed E-state index contributed by atoms with van der Waals surface area (Å²) < 4.78 is 6.27. The fourth-order valence-corrected chi connectivity index (χ4v) is 4.94. The number of fused-ring (bicyclic) bond motifs is 4. The zero-order chi connectivity index (χ0) is 29.5. The molecule has 0 saturated heterocycles. The molecule has 4 aromatic rings. The van der Waals surface area contributed by atoms with Crippen molar-refractivity contribution in [1.29, 1.82) is 0 Å². The van der Waals surface area contributed by atoms with Gasteiger partial charge in [0.1, 0.15) is 12.2 Å². The number of H-pyrrole nitrogens is 1. The van der Waals surface area contributed by atoms with Crippen molar-refractivity contribution < 1.29 is 19.1 Å². The number of esters is 1. The molecule has 1 aliphatic rings. The molecule has 12 nitrogen and oxygen atoms in total. The Kier molecular flexibility index (Phi) is 9.02. The number of ether oxygens (including phenoxy) is 1. The molecule has 0 aliphatic carbocycles. The molecule has 13 heteroatoms. The van der Waals surface area contributed by atoms with Crippen molar-refractivity contribution in [3.05, 3.63) is 82.5 Å². The first kappa shape index (κ1) is 28.7. The van der Waals surface area contributed by atoms with Crippen molar-refractivity contribution in [1.82, 2.24) is 40.8 Å². The Morgan fingerprint density at radius 2 is 2.05 bits per heavy atom. The number of hydrogen-bond acceptors (Lipinski definition) is 8. The highest BCUT2D eigenvalue weighted by Crippen LogP contribution is 2.27. The zero-order valence-electron chi connectivity index (χ0n) is 22.8. The number of tetrazole rings is 1. The molecule has 3 N–H and O–H groups in total. The standard InChI is InChI=1S/C29H29ClN8O4/c1-42-27(40)14-18-6-9-21-22(13-18)29(41)31-12-4-2-3-5-23(28-32-16-24(21)35-28)34-26(39)11-7-19-15-20(30)8-10-25(19)38-17-33-36-37-38/h6-11,13,15-17,23H,2-5,12,14H2,1H3,(H,31,41)(H,32,35)(H,34,39)/b11-7+/t23-/m0/s1. The number of hydrogen-bond donors (Lipinski definition) is 3. The molecular weight excluding hydrogens is 560 g/mol. The summed E-state index contributed by atoms with van der Waals surface area (Å²) in [5.41, 5.74) is 3.69. The van der Waals surface area contributed by atoms with E-state index in [0.29, 0.717) is 57.4 Å². The Morgan fingerprint density at radius 3 is 2.86 bits per heavy atom. The highest BCUT2D eigenvalue weighted by atomic mass is 35.5. The van der Waals surface area contributed by atoms with Gasteiger partial charge < -0.3 is 20.4 Å². The number of methoxy groups -OCH3 is 1. The number of benzene rings is 2. The Hall–Kier alpha value is -4.84. The monoisotopic (exact) mass is 588 g/mol. The lowest BCUT2D eigenvalue weighted by atomic mass is 9.99. The molecule has 42 heavy (non-hydrogen) atoms. The Balaban J connectivity index is 1.39. The SMILES string of the molecule is COC(=O)Cc1ccc2c(c1)C(=O)NCCCCC[C@H](NC(=O)/C=C/c1cc(Cl)ccc1-n1cnnn1)c1ncc-2[nH]1. The first-order valence-electron chi connectivity index (χ1n) is 13.5. The second-order valence-electron chi connectivity index (χ2n) is 9.77. The fourth-order valence-electron chi connectivity index (χ4n) is 4.76. The summed E-state index contributed by atoms with van der Waals surface area (Å²) in [6, 6.07) is 10.1. The second kappa shape index (κ2) is 13.2. The van der Waals surface area contributed by atoms with E-state index in [2.05, 4.69) is 36.1 Å². The van der Waals surface area contributed by atoms with Crippen molar-refractivity contribution in [2.45, 2.75) is 38.1 Å². The fraction of sp³-hybridized carbons (Fsp3) is 0.276.